The third-order valence-corrected chi connectivity index (χ3v) is 5.19. The van der Waals surface area contributed by atoms with Crippen LogP contribution in [0.5, 0.6) is 0 Å². The molecule has 0 atom stereocenters. The molecular formula is C26H21F3N4O3. The number of benzene rings is 3. The lowest BCUT2D eigenvalue weighted by atomic mass is 10.1. The van der Waals surface area contributed by atoms with E-state index in [2.05, 4.69) is 20.8 Å². The van der Waals surface area contributed by atoms with Crippen molar-refractivity contribution in [1.29, 1.82) is 0 Å². The first-order valence-corrected chi connectivity index (χ1v) is 11.0. The van der Waals surface area contributed by atoms with E-state index < -0.39 is 17.6 Å². The Balaban J connectivity index is 1.33. The first kappa shape index (κ1) is 24.6. The molecule has 3 aromatic carbocycles. The van der Waals surface area contributed by atoms with Gasteiger partial charge in [0.25, 0.3) is 5.91 Å². The normalized spacial score (nSPS) is 11.2. The highest BCUT2D eigenvalue weighted by Gasteiger charge is 2.30. The van der Waals surface area contributed by atoms with Crippen molar-refractivity contribution in [2.24, 2.45) is 0 Å². The number of carbonyl (C=O) groups is 2. The first-order valence-electron chi connectivity index (χ1n) is 11.0. The van der Waals surface area contributed by atoms with Crippen LogP contribution in [-0.4, -0.2) is 22.0 Å². The molecule has 4 rings (SSSR count). The summed E-state index contributed by atoms with van der Waals surface area (Å²) in [5.41, 5.74) is 1.56. The summed E-state index contributed by atoms with van der Waals surface area (Å²) in [5.74, 6) is -0.264. The molecule has 0 fully saturated rings. The van der Waals surface area contributed by atoms with Gasteiger partial charge in [-0.05, 0) is 55.5 Å². The largest absolute Gasteiger partial charge is 0.421 e. The highest BCUT2D eigenvalue weighted by molar-refractivity contribution is 6.05. The number of nitrogens with zero attached hydrogens (tertiary/aromatic N) is 2. The summed E-state index contributed by atoms with van der Waals surface area (Å²) in [6.45, 7) is 1.97. The Morgan fingerprint density at radius 2 is 1.58 bits per heavy atom. The zero-order valence-corrected chi connectivity index (χ0v) is 19.1. The summed E-state index contributed by atoms with van der Waals surface area (Å²) >= 11 is 0. The molecule has 2 amide bonds. The number of aromatic nitrogens is 2. The van der Waals surface area contributed by atoms with Crippen molar-refractivity contribution in [1.82, 2.24) is 10.2 Å². The van der Waals surface area contributed by atoms with Gasteiger partial charge in [-0.15, -0.1) is 10.2 Å². The summed E-state index contributed by atoms with van der Waals surface area (Å²) in [5, 5.41) is 13.1. The van der Waals surface area contributed by atoms with Gasteiger partial charge in [0.15, 0.2) is 0 Å². The van der Waals surface area contributed by atoms with Crippen molar-refractivity contribution < 1.29 is 27.2 Å². The fourth-order valence-corrected chi connectivity index (χ4v) is 3.33. The Labute approximate surface area is 204 Å². The molecule has 4 aromatic rings. The van der Waals surface area contributed by atoms with Crippen LogP contribution in [0.2, 0.25) is 0 Å². The lowest BCUT2D eigenvalue weighted by Crippen LogP contribution is -2.15. The number of alkyl halides is 3. The average Bonchev–Trinajstić information content (AvgIpc) is 3.32. The lowest BCUT2D eigenvalue weighted by Gasteiger charge is -2.11. The molecule has 0 aliphatic carbocycles. The molecule has 0 saturated heterocycles. The third-order valence-electron chi connectivity index (χ3n) is 5.19. The Morgan fingerprint density at radius 3 is 2.31 bits per heavy atom. The second kappa shape index (κ2) is 10.4. The van der Waals surface area contributed by atoms with Gasteiger partial charge < -0.3 is 15.1 Å². The van der Waals surface area contributed by atoms with Crippen LogP contribution in [0.4, 0.5) is 24.5 Å². The van der Waals surface area contributed by atoms with Gasteiger partial charge in [0.05, 0.1) is 5.56 Å². The van der Waals surface area contributed by atoms with Crippen molar-refractivity contribution in [3.05, 3.63) is 95.4 Å². The summed E-state index contributed by atoms with van der Waals surface area (Å²) in [6.07, 6.45) is -4.23. The number of amides is 2. The number of hydrogen-bond acceptors (Lipinski definition) is 5. The van der Waals surface area contributed by atoms with Gasteiger partial charge >= 0.3 is 6.18 Å². The zero-order valence-electron chi connectivity index (χ0n) is 19.1. The molecule has 1 heterocycles. The first-order chi connectivity index (χ1) is 17.2. The molecule has 184 valence electrons. The highest BCUT2D eigenvalue weighted by atomic mass is 19.4. The Kier molecular flexibility index (Phi) is 7.14. The molecule has 0 aliphatic rings. The minimum absolute atomic E-state index is 0.00817. The van der Waals surface area contributed by atoms with Crippen molar-refractivity contribution in [3.8, 4) is 11.5 Å². The number of nitrogens with one attached hydrogen (secondary N) is 2. The number of hydrogen-bond donors (Lipinski definition) is 2. The van der Waals surface area contributed by atoms with Crippen LogP contribution in [0.25, 0.3) is 11.5 Å². The van der Waals surface area contributed by atoms with Crippen LogP contribution < -0.4 is 10.6 Å². The minimum Gasteiger partial charge on any atom is -0.421 e. The van der Waals surface area contributed by atoms with Crippen LogP contribution in [0.15, 0.2) is 77.2 Å². The summed E-state index contributed by atoms with van der Waals surface area (Å²) in [6, 6.07) is 18.0. The van der Waals surface area contributed by atoms with Gasteiger partial charge in [-0.1, -0.05) is 29.8 Å². The van der Waals surface area contributed by atoms with Crippen molar-refractivity contribution >= 4 is 23.2 Å². The fourth-order valence-electron chi connectivity index (χ4n) is 3.33. The molecule has 0 aliphatic heterocycles. The number of rotatable bonds is 7. The Morgan fingerprint density at radius 1 is 0.889 bits per heavy atom. The number of aryl methyl sites for hydroxylation is 2. The number of carbonyl (C=O) groups excluding carboxylic acids is 2. The second-order valence-electron chi connectivity index (χ2n) is 8.03. The number of halogens is 3. The van der Waals surface area contributed by atoms with Crippen molar-refractivity contribution in [2.75, 3.05) is 10.6 Å². The smallest absolute Gasteiger partial charge is 0.416 e. The molecule has 10 heteroatoms. The van der Waals surface area contributed by atoms with E-state index in [1.165, 1.54) is 24.3 Å². The lowest BCUT2D eigenvalue weighted by molar-refractivity contribution is -0.137. The molecule has 0 unspecified atom stereocenters. The van der Waals surface area contributed by atoms with E-state index in [4.69, 9.17) is 4.42 Å². The maximum Gasteiger partial charge on any atom is 0.416 e. The molecule has 0 spiro atoms. The van der Waals surface area contributed by atoms with Gasteiger partial charge in [0.1, 0.15) is 0 Å². The van der Waals surface area contributed by atoms with Gasteiger partial charge in [0.2, 0.25) is 17.7 Å². The van der Waals surface area contributed by atoms with Gasteiger partial charge in [0, 0.05) is 35.3 Å². The summed E-state index contributed by atoms with van der Waals surface area (Å²) in [7, 11) is 0. The zero-order chi connectivity index (χ0) is 25.7. The molecule has 2 N–H and O–H groups in total. The molecule has 0 radical (unpaired) electrons. The fraction of sp³-hybridized carbons (Fsp3) is 0.154. The quantitative estimate of drug-likeness (QED) is 0.334. The predicted octanol–water partition coefficient (Wildman–Crippen LogP) is 5.89. The van der Waals surface area contributed by atoms with Gasteiger partial charge in [-0.3, -0.25) is 9.59 Å². The van der Waals surface area contributed by atoms with E-state index in [1.807, 2.05) is 31.2 Å². The van der Waals surface area contributed by atoms with Crippen LogP contribution in [0.1, 0.15) is 33.8 Å². The standard InChI is InChI=1S/C26H21F3N4O3/c1-16-8-10-17(11-9-16)25-33-32-23(36-25)13-12-22(34)30-20-6-2-4-18(14-20)24(35)31-21-7-3-5-19(15-21)26(27,28)29/h2-11,14-15H,12-13H2,1H3,(H,30,34)(H,31,35). The van der Waals surface area contributed by atoms with Crippen LogP contribution in [0, 0.1) is 6.92 Å². The topological polar surface area (TPSA) is 97.1 Å². The Hall–Kier alpha value is -4.47. The van der Waals surface area contributed by atoms with Gasteiger partial charge in [-0.25, -0.2) is 0 Å². The second-order valence-corrected chi connectivity index (χ2v) is 8.03. The number of anilines is 2. The molecule has 0 saturated carbocycles. The highest BCUT2D eigenvalue weighted by Crippen LogP contribution is 2.30. The SMILES string of the molecule is Cc1ccc(-c2nnc(CCC(=O)Nc3cccc(C(=O)Nc4cccc(C(F)(F)F)c4)c3)o2)cc1. The van der Waals surface area contributed by atoms with Crippen LogP contribution in [0.3, 0.4) is 0 Å². The third kappa shape index (κ3) is 6.35. The molecule has 1 aromatic heterocycles. The van der Waals surface area contributed by atoms with Crippen LogP contribution >= 0.6 is 0 Å². The Bertz CT molecular complexity index is 1380. The van der Waals surface area contributed by atoms with E-state index in [1.54, 1.807) is 12.1 Å². The molecule has 36 heavy (non-hydrogen) atoms. The van der Waals surface area contributed by atoms with Gasteiger partial charge in [-0.2, -0.15) is 13.2 Å². The van der Waals surface area contributed by atoms with Crippen LogP contribution in [-0.2, 0) is 17.4 Å². The summed E-state index contributed by atoms with van der Waals surface area (Å²) in [4.78, 5) is 24.9. The summed E-state index contributed by atoms with van der Waals surface area (Å²) < 4.78 is 44.3. The predicted molar refractivity (Wildman–Crippen MR) is 127 cm³/mol. The minimum atomic E-state index is -4.52. The van der Waals surface area contributed by atoms with E-state index in [0.717, 1.165) is 23.3 Å². The van der Waals surface area contributed by atoms with E-state index in [-0.39, 0.29) is 30.0 Å². The van der Waals surface area contributed by atoms with Crippen molar-refractivity contribution in [3.63, 3.8) is 0 Å². The molecule has 7 nitrogen and oxygen atoms in total. The van der Waals surface area contributed by atoms with E-state index in [0.29, 0.717) is 17.5 Å². The molecular weight excluding hydrogens is 473 g/mol. The van der Waals surface area contributed by atoms with E-state index in [9.17, 15) is 22.8 Å². The van der Waals surface area contributed by atoms with Crippen molar-refractivity contribution in [2.45, 2.75) is 25.9 Å². The van der Waals surface area contributed by atoms with E-state index >= 15 is 0 Å². The average molecular weight is 494 g/mol. The maximum absolute atomic E-state index is 12.9. The maximum atomic E-state index is 12.9. The molecule has 0 bridgehead atoms. The monoisotopic (exact) mass is 494 g/mol.